The average Bonchev–Trinajstić information content (AvgIpc) is 2.25. The first-order chi connectivity index (χ1) is 7.77. The molecule has 0 heterocycles. The predicted octanol–water partition coefficient (Wildman–Crippen LogP) is 5.00. The van der Waals surface area contributed by atoms with E-state index in [4.69, 9.17) is 11.6 Å². The van der Waals surface area contributed by atoms with Crippen LogP contribution in [0.3, 0.4) is 0 Å². The molecule has 2 heteroatoms. The molecule has 0 amide bonds. The number of unbranched alkanes of at least 4 members (excludes halogenated alkanes) is 7. The predicted molar refractivity (Wildman–Crippen MR) is 71.8 cm³/mol. The molecule has 0 radical (unpaired) electrons. The lowest BCUT2D eigenvalue weighted by Crippen LogP contribution is -1.78. The first kappa shape index (κ1) is 15.4. The maximum Gasteiger partial charge on any atom is 0.245 e. The van der Waals surface area contributed by atoms with E-state index in [1.807, 2.05) is 6.08 Å². The van der Waals surface area contributed by atoms with Gasteiger partial charge >= 0.3 is 0 Å². The van der Waals surface area contributed by atoms with Crippen molar-refractivity contribution in [3.8, 4) is 0 Å². The van der Waals surface area contributed by atoms with E-state index in [1.165, 1.54) is 51.0 Å². The summed E-state index contributed by atoms with van der Waals surface area (Å²) < 4.78 is 0. The zero-order chi connectivity index (χ0) is 12.1. The van der Waals surface area contributed by atoms with Crippen molar-refractivity contribution in [3.05, 3.63) is 24.3 Å². The highest BCUT2D eigenvalue weighted by atomic mass is 35.5. The third-order valence-corrected chi connectivity index (χ3v) is 2.57. The second-order valence-corrected chi connectivity index (χ2v) is 4.37. The van der Waals surface area contributed by atoms with Crippen molar-refractivity contribution in [2.24, 2.45) is 0 Å². The van der Waals surface area contributed by atoms with Gasteiger partial charge in [-0.05, 0) is 30.5 Å². The van der Waals surface area contributed by atoms with E-state index in [-0.39, 0.29) is 0 Å². The second kappa shape index (κ2) is 12.5. The largest absolute Gasteiger partial charge is 0.276 e. The molecule has 0 rings (SSSR count). The Morgan fingerprint density at radius 1 is 1.00 bits per heavy atom. The Morgan fingerprint density at radius 3 is 2.25 bits per heavy atom. The fourth-order valence-electron chi connectivity index (χ4n) is 1.53. The lowest BCUT2D eigenvalue weighted by Gasteiger charge is -1.98. The van der Waals surface area contributed by atoms with Gasteiger partial charge in [0, 0.05) is 0 Å². The van der Waals surface area contributed by atoms with E-state index in [0.29, 0.717) is 0 Å². The van der Waals surface area contributed by atoms with E-state index in [9.17, 15) is 4.79 Å². The summed E-state index contributed by atoms with van der Waals surface area (Å²) in [5, 5.41) is -0.416. The van der Waals surface area contributed by atoms with Crippen LogP contribution in [0.1, 0.15) is 58.3 Å². The summed E-state index contributed by atoms with van der Waals surface area (Å²) in [6.45, 7) is 2.24. The normalized spacial score (nSPS) is 11.6. The van der Waals surface area contributed by atoms with Crippen molar-refractivity contribution < 1.29 is 4.79 Å². The Morgan fingerprint density at radius 2 is 1.62 bits per heavy atom. The molecule has 92 valence electrons. The minimum Gasteiger partial charge on any atom is -0.276 e. The van der Waals surface area contributed by atoms with Crippen LogP contribution in [0.2, 0.25) is 0 Å². The molecule has 0 bridgehead atoms. The summed E-state index contributed by atoms with van der Waals surface area (Å²) in [7, 11) is 0. The lowest BCUT2D eigenvalue weighted by atomic mass is 10.1. The fourth-order valence-corrected chi connectivity index (χ4v) is 1.60. The molecule has 1 nitrogen and oxygen atoms in total. The van der Waals surface area contributed by atoms with E-state index in [1.54, 1.807) is 6.08 Å². The maximum atomic E-state index is 10.3. The first-order valence-electron chi connectivity index (χ1n) is 6.30. The molecule has 0 atom stereocenters. The van der Waals surface area contributed by atoms with Gasteiger partial charge in [-0.15, -0.1) is 0 Å². The van der Waals surface area contributed by atoms with Crippen LogP contribution in [0.4, 0.5) is 0 Å². The first-order valence-corrected chi connectivity index (χ1v) is 6.68. The molecule has 0 fully saturated rings. The number of rotatable bonds is 10. The Bertz CT molecular complexity index is 219. The minimum absolute atomic E-state index is 0.416. The van der Waals surface area contributed by atoms with E-state index < -0.39 is 5.24 Å². The monoisotopic (exact) mass is 242 g/mol. The van der Waals surface area contributed by atoms with Crippen LogP contribution in [-0.2, 0) is 4.79 Å². The zero-order valence-electron chi connectivity index (χ0n) is 10.3. The molecule has 0 spiro atoms. The Kier molecular flexibility index (Phi) is 12.1. The van der Waals surface area contributed by atoms with Gasteiger partial charge in [0.05, 0.1) is 0 Å². The zero-order valence-corrected chi connectivity index (χ0v) is 11.0. The lowest BCUT2D eigenvalue weighted by molar-refractivity contribution is -0.107. The van der Waals surface area contributed by atoms with Gasteiger partial charge in [-0.1, -0.05) is 63.7 Å². The Balaban J connectivity index is 3.17. The molecule has 0 N–H and O–H groups in total. The Labute approximate surface area is 105 Å². The van der Waals surface area contributed by atoms with Crippen molar-refractivity contribution in [1.82, 2.24) is 0 Å². The fraction of sp³-hybridized carbons (Fsp3) is 0.643. The highest BCUT2D eigenvalue weighted by Crippen LogP contribution is 2.08. The molecule has 16 heavy (non-hydrogen) atoms. The molecule has 0 aromatic rings. The summed E-state index contributed by atoms with van der Waals surface area (Å²) in [4.78, 5) is 10.3. The van der Waals surface area contributed by atoms with Crippen molar-refractivity contribution in [2.45, 2.75) is 58.3 Å². The van der Waals surface area contributed by atoms with Gasteiger partial charge in [0.2, 0.25) is 5.24 Å². The van der Waals surface area contributed by atoms with Crippen molar-refractivity contribution >= 4 is 16.8 Å². The van der Waals surface area contributed by atoms with Gasteiger partial charge in [-0.3, -0.25) is 4.79 Å². The molecule has 0 aromatic carbocycles. The van der Waals surface area contributed by atoms with Crippen LogP contribution >= 0.6 is 11.6 Å². The number of hydrogen-bond donors (Lipinski definition) is 0. The number of halogens is 1. The van der Waals surface area contributed by atoms with Crippen molar-refractivity contribution in [3.63, 3.8) is 0 Å². The summed E-state index contributed by atoms with van der Waals surface area (Å²) in [6, 6.07) is 0. The van der Waals surface area contributed by atoms with Gasteiger partial charge in [-0.2, -0.15) is 0 Å². The van der Waals surface area contributed by atoms with Gasteiger partial charge in [-0.25, -0.2) is 0 Å². The van der Waals surface area contributed by atoms with E-state index in [2.05, 4.69) is 13.0 Å². The van der Waals surface area contributed by atoms with Gasteiger partial charge in [0.25, 0.3) is 0 Å². The molecule has 0 aromatic heterocycles. The summed E-state index contributed by atoms with van der Waals surface area (Å²) >= 11 is 5.14. The van der Waals surface area contributed by atoms with E-state index >= 15 is 0 Å². The highest BCUT2D eigenvalue weighted by Gasteiger charge is 1.88. The molecular weight excluding hydrogens is 220 g/mol. The number of carbonyl (C=O) groups excluding carboxylic acids is 1. The molecule has 0 saturated carbocycles. The minimum atomic E-state index is -0.416. The average molecular weight is 243 g/mol. The quantitative estimate of drug-likeness (QED) is 0.228. The number of allylic oxidation sites excluding steroid dienone is 4. The van der Waals surface area contributed by atoms with Crippen LogP contribution in [0.5, 0.6) is 0 Å². The molecule has 0 aliphatic heterocycles. The van der Waals surface area contributed by atoms with Gasteiger partial charge in [0.15, 0.2) is 0 Å². The maximum absolute atomic E-state index is 10.3. The van der Waals surface area contributed by atoms with Crippen LogP contribution in [0.25, 0.3) is 0 Å². The van der Waals surface area contributed by atoms with Crippen LogP contribution in [0, 0.1) is 0 Å². The standard InChI is InChI=1S/C14H23ClO/c1-2-3-4-5-6-7-8-9-10-11-12-13-14(15)16/h10-13H,2-9H2,1H3. The molecule has 0 unspecified atom stereocenters. The highest BCUT2D eigenvalue weighted by molar-refractivity contribution is 6.66. The topological polar surface area (TPSA) is 17.1 Å². The summed E-state index contributed by atoms with van der Waals surface area (Å²) in [5.74, 6) is 0. The van der Waals surface area contributed by atoms with Crippen molar-refractivity contribution in [1.29, 1.82) is 0 Å². The molecule has 0 aliphatic carbocycles. The summed E-state index contributed by atoms with van der Waals surface area (Å²) in [5.41, 5.74) is 0. The third-order valence-electron chi connectivity index (χ3n) is 2.45. The molecular formula is C14H23ClO. The molecule has 0 saturated heterocycles. The van der Waals surface area contributed by atoms with E-state index in [0.717, 1.165) is 6.42 Å². The number of hydrogen-bond acceptors (Lipinski definition) is 1. The van der Waals surface area contributed by atoms with Crippen molar-refractivity contribution in [2.75, 3.05) is 0 Å². The van der Waals surface area contributed by atoms with Crippen LogP contribution < -0.4 is 0 Å². The number of carbonyl (C=O) groups is 1. The van der Waals surface area contributed by atoms with Crippen LogP contribution in [0.15, 0.2) is 24.3 Å². The smallest absolute Gasteiger partial charge is 0.245 e. The summed E-state index contributed by atoms with van der Waals surface area (Å²) in [6.07, 6.45) is 17.5. The Hall–Kier alpha value is -0.560. The second-order valence-electron chi connectivity index (χ2n) is 4.00. The molecule has 0 aliphatic rings. The van der Waals surface area contributed by atoms with Gasteiger partial charge < -0.3 is 0 Å². The third kappa shape index (κ3) is 13.4. The SMILES string of the molecule is CCCCCCCCCC=CC=CC(=O)Cl. The van der Waals surface area contributed by atoms with Gasteiger partial charge in [0.1, 0.15) is 0 Å². The van der Waals surface area contributed by atoms with Crippen LogP contribution in [-0.4, -0.2) is 5.24 Å².